The van der Waals surface area contributed by atoms with E-state index in [9.17, 15) is 18.0 Å². The molecule has 0 amide bonds. The average molecular weight is 358 g/mol. The number of nitrogens with zero attached hydrogens (tertiary/aromatic N) is 1. The monoisotopic (exact) mass is 358 g/mol. The van der Waals surface area contributed by atoms with Crippen molar-refractivity contribution in [2.45, 2.75) is 6.18 Å². The van der Waals surface area contributed by atoms with Gasteiger partial charge in [-0.2, -0.15) is 13.2 Å². The second-order valence-electron chi connectivity index (χ2n) is 5.84. The summed E-state index contributed by atoms with van der Waals surface area (Å²) < 4.78 is 45.2. The third kappa shape index (κ3) is 2.44. The Labute approximate surface area is 145 Å². The lowest BCUT2D eigenvalue weighted by Crippen LogP contribution is -2.06. The smallest absolute Gasteiger partial charge is 0.416 e. The summed E-state index contributed by atoms with van der Waals surface area (Å²) in [5.41, 5.74) is -0.0675. The topological polar surface area (TPSA) is 47.0 Å². The van der Waals surface area contributed by atoms with Gasteiger partial charge in [0.15, 0.2) is 0 Å². The zero-order valence-electron chi connectivity index (χ0n) is 13.6. The fourth-order valence-corrected chi connectivity index (χ4v) is 3.12. The molecule has 1 aromatic heterocycles. The van der Waals surface area contributed by atoms with Gasteiger partial charge < -0.3 is 4.74 Å². The molecule has 4 aromatic rings. The molecule has 7 heteroatoms. The lowest BCUT2D eigenvalue weighted by Gasteiger charge is -2.11. The van der Waals surface area contributed by atoms with E-state index in [1.54, 1.807) is 6.07 Å². The number of rotatable bonds is 2. The van der Waals surface area contributed by atoms with Crippen molar-refractivity contribution in [1.82, 2.24) is 9.78 Å². The highest BCUT2D eigenvalue weighted by molar-refractivity contribution is 6.09. The van der Waals surface area contributed by atoms with Gasteiger partial charge >= 0.3 is 6.18 Å². The summed E-state index contributed by atoms with van der Waals surface area (Å²) in [6.45, 7) is 0. The van der Waals surface area contributed by atoms with Crippen molar-refractivity contribution in [3.05, 3.63) is 70.5 Å². The number of halogens is 3. The largest absolute Gasteiger partial charge is 0.496 e. The van der Waals surface area contributed by atoms with Crippen LogP contribution in [0.2, 0.25) is 0 Å². The standard InChI is InChI=1S/C19H13F3N2O2/c1-26-16-10-15-17(14-5-3-2-4-13(14)16)24(23-18(15)25)12-8-6-11(7-9-12)19(20,21)22/h2-10H,1H3,(H,23,25). The second kappa shape index (κ2) is 5.66. The number of methoxy groups -OCH3 is 1. The van der Waals surface area contributed by atoms with Crippen LogP contribution < -0.4 is 10.3 Å². The number of fused-ring (bicyclic) bond motifs is 3. The molecule has 0 saturated heterocycles. The average Bonchev–Trinajstić information content (AvgIpc) is 2.97. The van der Waals surface area contributed by atoms with Crippen LogP contribution in [0.5, 0.6) is 5.75 Å². The third-order valence-electron chi connectivity index (χ3n) is 4.33. The summed E-state index contributed by atoms with van der Waals surface area (Å²) in [7, 11) is 1.52. The van der Waals surface area contributed by atoms with Crippen LogP contribution in [0.1, 0.15) is 5.56 Å². The van der Waals surface area contributed by atoms with E-state index in [0.29, 0.717) is 22.3 Å². The van der Waals surface area contributed by atoms with Crippen LogP contribution >= 0.6 is 0 Å². The molecule has 4 nitrogen and oxygen atoms in total. The molecule has 3 aromatic carbocycles. The van der Waals surface area contributed by atoms with E-state index in [4.69, 9.17) is 4.74 Å². The van der Waals surface area contributed by atoms with Crippen molar-refractivity contribution in [3.8, 4) is 11.4 Å². The van der Waals surface area contributed by atoms with Gasteiger partial charge in [-0.3, -0.25) is 14.6 Å². The predicted molar refractivity (Wildman–Crippen MR) is 93.0 cm³/mol. The van der Waals surface area contributed by atoms with Crippen LogP contribution in [0.15, 0.2) is 59.4 Å². The third-order valence-corrected chi connectivity index (χ3v) is 4.33. The van der Waals surface area contributed by atoms with Gasteiger partial charge in [0.05, 0.1) is 29.3 Å². The highest BCUT2D eigenvalue weighted by atomic mass is 19.4. The predicted octanol–water partition coefficient (Wildman–Crippen LogP) is 4.50. The van der Waals surface area contributed by atoms with Gasteiger partial charge in [0.2, 0.25) is 0 Å². The first kappa shape index (κ1) is 16.3. The minimum absolute atomic E-state index is 0.344. The summed E-state index contributed by atoms with van der Waals surface area (Å²) in [4.78, 5) is 12.4. The Hall–Kier alpha value is -3.22. The van der Waals surface area contributed by atoms with Gasteiger partial charge in [-0.25, -0.2) is 0 Å². The lowest BCUT2D eigenvalue weighted by atomic mass is 10.1. The Kier molecular flexibility index (Phi) is 3.54. The van der Waals surface area contributed by atoms with E-state index in [1.807, 2.05) is 24.3 Å². The number of ether oxygens (including phenoxy) is 1. The molecule has 0 aliphatic rings. The first-order chi connectivity index (χ1) is 12.4. The number of aromatic nitrogens is 2. The van der Waals surface area contributed by atoms with E-state index < -0.39 is 11.7 Å². The minimum Gasteiger partial charge on any atom is -0.496 e. The van der Waals surface area contributed by atoms with Crippen molar-refractivity contribution < 1.29 is 17.9 Å². The normalized spacial score (nSPS) is 12.0. The van der Waals surface area contributed by atoms with Gasteiger partial charge in [0.1, 0.15) is 5.75 Å². The van der Waals surface area contributed by atoms with Crippen LogP contribution in [-0.2, 0) is 6.18 Å². The van der Waals surface area contributed by atoms with Gasteiger partial charge in [0, 0.05) is 10.8 Å². The fraction of sp³-hybridized carbons (Fsp3) is 0.105. The molecule has 0 spiro atoms. The van der Waals surface area contributed by atoms with Crippen molar-refractivity contribution in [2.24, 2.45) is 0 Å². The summed E-state index contributed by atoms with van der Waals surface area (Å²) in [6, 6.07) is 13.7. The Balaban J connectivity index is 2.03. The molecule has 0 atom stereocenters. The number of H-pyrrole nitrogens is 1. The Morgan fingerprint density at radius 1 is 0.962 bits per heavy atom. The van der Waals surface area contributed by atoms with Crippen LogP contribution in [0.4, 0.5) is 13.2 Å². The SMILES string of the molecule is COc1cc2c(=O)[nH]n(-c3ccc(C(F)(F)F)cc3)c2c2ccccc12. The fourth-order valence-electron chi connectivity index (χ4n) is 3.12. The molecule has 0 aliphatic carbocycles. The van der Waals surface area contributed by atoms with Crippen molar-refractivity contribution in [1.29, 1.82) is 0 Å². The number of benzene rings is 3. The van der Waals surface area contributed by atoms with Crippen LogP contribution in [0.3, 0.4) is 0 Å². The second-order valence-corrected chi connectivity index (χ2v) is 5.84. The van der Waals surface area contributed by atoms with E-state index in [2.05, 4.69) is 5.10 Å². The van der Waals surface area contributed by atoms with Crippen LogP contribution in [-0.4, -0.2) is 16.9 Å². The zero-order chi connectivity index (χ0) is 18.5. The Morgan fingerprint density at radius 3 is 2.23 bits per heavy atom. The minimum atomic E-state index is -4.41. The molecule has 0 bridgehead atoms. The maximum atomic E-state index is 12.8. The van der Waals surface area contributed by atoms with Gasteiger partial charge in [0.25, 0.3) is 5.56 Å². The maximum Gasteiger partial charge on any atom is 0.416 e. The molecule has 0 radical (unpaired) electrons. The molecular weight excluding hydrogens is 345 g/mol. The Morgan fingerprint density at radius 2 is 1.62 bits per heavy atom. The zero-order valence-corrected chi connectivity index (χ0v) is 13.6. The van der Waals surface area contributed by atoms with Crippen molar-refractivity contribution >= 4 is 21.7 Å². The molecule has 26 heavy (non-hydrogen) atoms. The molecule has 4 rings (SSSR count). The van der Waals surface area contributed by atoms with E-state index in [0.717, 1.165) is 22.9 Å². The quantitative estimate of drug-likeness (QED) is 0.574. The molecule has 0 fully saturated rings. The van der Waals surface area contributed by atoms with E-state index >= 15 is 0 Å². The molecule has 1 N–H and O–H groups in total. The number of aromatic amines is 1. The van der Waals surface area contributed by atoms with Crippen LogP contribution in [0.25, 0.3) is 27.4 Å². The van der Waals surface area contributed by atoms with Gasteiger partial charge in [-0.1, -0.05) is 24.3 Å². The number of hydrogen-bond acceptors (Lipinski definition) is 2. The number of alkyl halides is 3. The van der Waals surface area contributed by atoms with Gasteiger partial charge in [-0.15, -0.1) is 0 Å². The molecule has 0 unspecified atom stereocenters. The molecule has 132 valence electrons. The maximum absolute atomic E-state index is 12.8. The molecule has 1 heterocycles. The summed E-state index contributed by atoms with van der Waals surface area (Å²) in [5.74, 6) is 0.559. The molecule has 0 saturated carbocycles. The summed E-state index contributed by atoms with van der Waals surface area (Å²) >= 11 is 0. The summed E-state index contributed by atoms with van der Waals surface area (Å²) in [6.07, 6.45) is -4.41. The van der Waals surface area contributed by atoms with Crippen molar-refractivity contribution in [2.75, 3.05) is 7.11 Å². The van der Waals surface area contributed by atoms with Crippen LogP contribution in [0, 0.1) is 0 Å². The summed E-state index contributed by atoms with van der Waals surface area (Å²) in [5, 5.41) is 4.67. The highest BCUT2D eigenvalue weighted by Crippen LogP contribution is 2.34. The number of nitrogens with one attached hydrogen (secondary N) is 1. The van der Waals surface area contributed by atoms with Crippen molar-refractivity contribution in [3.63, 3.8) is 0 Å². The van der Waals surface area contributed by atoms with E-state index in [-0.39, 0.29) is 5.56 Å². The van der Waals surface area contributed by atoms with E-state index in [1.165, 1.54) is 23.9 Å². The Bertz CT molecular complexity index is 1170. The number of hydrogen-bond donors (Lipinski definition) is 1. The first-order valence-electron chi connectivity index (χ1n) is 7.78. The molecular formula is C19H13F3N2O2. The van der Waals surface area contributed by atoms with Gasteiger partial charge in [-0.05, 0) is 30.3 Å². The molecule has 0 aliphatic heterocycles. The lowest BCUT2D eigenvalue weighted by molar-refractivity contribution is -0.137. The highest BCUT2D eigenvalue weighted by Gasteiger charge is 2.30. The first-order valence-corrected chi connectivity index (χ1v) is 7.78.